The van der Waals surface area contributed by atoms with Crippen LogP contribution in [0.4, 0.5) is 0 Å². The van der Waals surface area contributed by atoms with E-state index < -0.39 is 42.9 Å². The first-order chi connectivity index (χ1) is 7.82. The molecule has 0 aromatic rings. The summed E-state index contributed by atoms with van der Waals surface area (Å²) in [6.07, 6.45) is -6.73. The largest absolute Gasteiger partial charge is 0.394 e. The van der Waals surface area contributed by atoms with Crippen LogP contribution in [-0.2, 0) is 9.47 Å². The van der Waals surface area contributed by atoms with Gasteiger partial charge in [0.1, 0.15) is 24.4 Å². The first kappa shape index (κ1) is 14.3. The van der Waals surface area contributed by atoms with E-state index in [9.17, 15) is 15.3 Å². The highest BCUT2D eigenvalue weighted by Crippen LogP contribution is 2.25. The number of ether oxygens (including phenoxy) is 2. The zero-order chi connectivity index (χ0) is 13.2. The number of rotatable bonds is 3. The second kappa shape index (κ2) is 5.27. The molecule has 4 N–H and O–H groups in total. The fraction of sp³-hybridized carbons (Fsp3) is 0.900. The van der Waals surface area contributed by atoms with Crippen LogP contribution in [-0.4, -0.2) is 63.3 Å². The van der Waals surface area contributed by atoms with Crippen LogP contribution in [0.15, 0.2) is 0 Å². The molecule has 0 amide bonds. The molecule has 0 aliphatic carbocycles. The van der Waals surface area contributed by atoms with Crippen molar-refractivity contribution in [3.8, 4) is 6.07 Å². The lowest BCUT2D eigenvalue weighted by Gasteiger charge is -2.41. The summed E-state index contributed by atoms with van der Waals surface area (Å²) in [6.45, 7) is 2.40. The highest BCUT2D eigenvalue weighted by Gasteiger charge is 2.45. The molecule has 1 aliphatic rings. The van der Waals surface area contributed by atoms with Crippen molar-refractivity contribution < 1.29 is 29.9 Å². The molecule has 3 unspecified atom stereocenters. The molecule has 0 bridgehead atoms. The monoisotopic (exact) mass is 247 g/mol. The Balaban J connectivity index is 2.76. The van der Waals surface area contributed by atoms with Crippen LogP contribution in [0.1, 0.15) is 13.8 Å². The van der Waals surface area contributed by atoms with Gasteiger partial charge in [0.25, 0.3) is 0 Å². The molecule has 1 aliphatic heterocycles. The van der Waals surface area contributed by atoms with Crippen molar-refractivity contribution in [2.24, 2.45) is 0 Å². The molecule has 0 aromatic carbocycles. The molecule has 17 heavy (non-hydrogen) atoms. The third kappa shape index (κ3) is 3.13. The molecule has 0 aromatic heterocycles. The third-order valence-corrected chi connectivity index (χ3v) is 2.53. The molecule has 5 atom stereocenters. The van der Waals surface area contributed by atoms with Crippen molar-refractivity contribution in [1.29, 1.82) is 5.26 Å². The van der Waals surface area contributed by atoms with E-state index in [4.69, 9.17) is 19.8 Å². The highest BCUT2D eigenvalue weighted by molar-refractivity contribution is 4.97. The van der Waals surface area contributed by atoms with E-state index in [1.54, 1.807) is 0 Å². The van der Waals surface area contributed by atoms with Crippen LogP contribution in [0.2, 0.25) is 0 Å². The van der Waals surface area contributed by atoms with Gasteiger partial charge in [0.15, 0.2) is 11.9 Å². The van der Waals surface area contributed by atoms with Crippen LogP contribution >= 0.6 is 0 Å². The number of aliphatic hydroxyl groups is 4. The topological polar surface area (TPSA) is 123 Å². The van der Waals surface area contributed by atoms with Gasteiger partial charge in [-0.3, -0.25) is 0 Å². The summed E-state index contributed by atoms with van der Waals surface area (Å²) in [4.78, 5) is 0. The molecule has 0 radical (unpaired) electrons. The smallest absolute Gasteiger partial charge is 0.188 e. The molecule has 1 fully saturated rings. The molecule has 98 valence electrons. The Labute approximate surface area is 98.8 Å². The molecule has 1 rings (SSSR count). The SMILES string of the molecule is CC(C)(C#N)O[C@@H]1OC(CO)[C@@H](O)C(O)C1O. The van der Waals surface area contributed by atoms with Gasteiger partial charge in [-0.2, -0.15) is 5.26 Å². The van der Waals surface area contributed by atoms with Gasteiger partial charge in [-0.1, -0.05) is 0 Å². The fourth-order valence-electron chi connectivity index (χ4n) is 1.48. The highest BCUT2D eigenvalue weighted by atomic mass is 16.7. The third-order valence-electron chi connectivity index (χ3n) is 2.53. The standard InChI is InChI=1S/C10H17NO6/c1-10(2,4-11)17-9-8(15)7(14)6(13)5(3-12)16-9/h5-9,12-15H,3H2,1-2H3/t5?,6-,7?,8?,9+/m1/s1. The Hall–Kier alpha value is -0.750. The number of nitriles is 1. The maximum absolute atomic E-state index is 9.63. The zero-order valence-corrected chi connectivity index (χ0v) is 9.65. The maximum atomic E-state index is 9.63. The number of hydrogen-bond acceptors (Lipinski definition) is 7. The summed E-state index contributed by atoms with van der Waals surface area (Å²) in [5.74, 6) is 0. The number of aliphatic hydroxyl groups excluding tert-OH is 4. The van der Waals surface area contributed by atoms with Crippen LogP contribution in [0.3, 0.4) is 0 Å². The molecule has 0 spiro atoms. The van der Waals surface area contributed by atoms with Crippen molar-refractivity contribution >= 4 is 0 Å². The Morgan fingerprint density at radius 2 is 1.82 bits per heavy atom. The van der Waals surface area contributed by atoms with Gasteiger partial charge in [-0.05, 0) is 13.8 Å². The second-order valence-electron chi connectivity index (χ2n) is 4.44. The summed E-state index contributed by atoms with van der Waals surface area (Å²) in [5, 5.41) is 46.3. The Morgan fingerprint density at radius 1 is 1.24 bits per heavy atom. The first-order valence-corrected chi connectivity index (χ1v) is 5.22. The zero-order valence-electron chi connectivity index (χ0n) is 9.65. The van der Waals surface area contributed by atoms with Gasteiger partial charge in [-0.25, -0.2) is 0 Å². The van der Waals surface area contributed by atoms with Crippen LogP contribution < -0.4 is 0 Å². The van der Waals surface area contributed by atoms with Crippen LogP contribution in [0, 0.1) is 11.3 Å². The summed E-state index contributed by atoms with van der Waals surface area (Å²) in [7, 11) is 0. The Morgan fingerprint density at radius 3 is 2.29 bits per heavy atom. The van der Waals surface area contributed by atoms with Gasteiger partial charge in [0.2, 0.25) is 0 Å². The van der Waals surface area contributed by atoms with E-state index in [1.807, 2.05) is 6.07 Å². The second-order valence-corrected chi connectivity index (χ2v) is 4.44. The van der Waals surface area contributed by atoms with E-state index in [1.165, 1.54) is 13.8 Å². The molecular formula is C10H17NO6. The van der Waals surface area contributed by atoms with Gasteiger partial charge in [0, 0.05) is 0 Å². The van der Waals surface area contributed by atoms with E-state index in [0.717, 1.165) is 0 Å². The van der Waals surface area contributed by atoms with E-state index in [-0.39, 0.29) is 0 Å². The molecule has 7 heteroatoms. The summed E-state index contributed by atoms with van der Waals surface area (Å²) < 4.78 is 10.3. The van der Waals surface area contributed by atoms with E-state index >= 15 is 0 Å². The van der Waals surface area contributed by atoms with Crippen molar-refractivity contribution in [1.82, 2.24) is 0 Å². The maximum Gasteiger partial charge on any atom is 0.188 e. The summed E-state index contributed by atoms with van der Waals surface area (Å²) in [5.41, 5.74) is -1.21. The quantitative estimate of drug-likeness (QED) is 0.459. The van der Waals surface area contributed by atoms with Gasteiger partial charge in [-0.15, -0.1) is 0 Å². The molecule has 7 nitrogen and oxygen atoms in total. The molecule has 1 saturated heterocycles. The molecular weight excluding hydrogens is 230 g/mol. The average Bonchev–Trinajstić information content (AvgIpc) is 2.30. The lowest BCUT2D eigenvalue weighted by Crippen LogP contribution is -2.60. The Bertz CT molecular complexity index is 300. The first-order valence-electron chi connectivity index (χ1n) is 5.22. The molecule has 1 heterocycles. The van der Waals surface area contributed by atoms with Gasteiger partial charge in [0.05, 0.1) is 12.7 Å². The lowest BCUT2D eigenvalue weighted by molar-refractivity contribution is -0.316. The van der Waals surface area contributed by atoms with Gasteiger partial charge < -0.3 is 29.9 Å². The van der Waals surface area contributed by atoms with E-state index in [2.05, 4.69) is 0 Å². The minimum Gasteiger partial charge on any atom is -0.394 e. The number of nitrogens with zero attached hydrogens (tertiary/aromatic N) is 1. The Kier molecular flexibility index (Phi) is 4.43. The van der Waals surface area contributed by atoms with Crippen LogP contribution in [0.25, 0.3) is 0 Å². The predicted octanol–water partition coefficient (Wildman–Crippen LogP) is -1.89. The summed E-state index contributed by atoms with van der Waals surface area (Å²) in [6, 6.07) is 1.85. The van der Waals surface area contributed by atoms with Crippen LogP contribution in [0.5, 0.6) is 0 Å². The normalized spacial score (nSPS) is 38.8. The number of hydrogen-bond donors (Lipinski definition) is 4. The van der Waals surface area contributed by atoms with E-state index in [0.29, 0.717) is 0 Å². The van der Waals surface area contributed by atoms with Crippen molar-refractivity contribution in [3.05, 3.63) is 0 Å². The average molecular weight is 247 g/mol. The predicted molar refractivity (Wildman–Crippen MR) is 54.5 cm³/mol. The van der Waals surface area contributed by atoms with Crippen molar-refractivity contribution in [3.63, 3.8) is 0 Å². The van der Waals surface area contributed by atoms with Crippen molar-refractivity contribution in [2.75, 3.05) is 6.61 Å². The van der Waals surface area contributed by atoms with Gasteiger partial charge >= 0.3 is 0 Å². The lowest BCUT2D eigenvalue weighted by atomic mass is 9.99. The summed E-state index contributed by atoms with van der Waals surface area (Å²) >= 11 is 0. The molecule has 0 saturated carbocycles. The van der Waals surface area contributed by atoms with Crippen molar-refractivity contribution in [2.45, 2.75) is 50.2 Å². The fourth-order valence-corrected chi connectivity index (χ4v) is 1.48. The minimum absolute atomic E-state index is 0.530. The minimum atomic E-state index is -1.50.